The molecule has 0 spiro atoms. The van der Waals surface area contributed by atoms with Crippen LogP contribution in [0.15, 0.2) is 57.4 Å². The van der Waals surface area contributed by atoms with Gasteiger partial charge < -0.3 is 15.0 Å². The fourth-order valence-electron chi connectivity index (χ4n) is 3.44. The Hall–Kier alpha value is -3.48. The summed E-state index contributed by atoms with van der Waals surface area (Å²) >= 11 is 0. The first-order chi connectivity index (χ1) is 14.4. The molecule has 2 heterocycles. The second-order valence-electron chi connectivity index (χ2n) is 7.07. The zero-order valence-corrected chi connectivity index (χ0v) is 17.7. The number of nitrogens with zero attached hydrogens (tertiary/aromatic N) is 2. The normalized spacial score (nSPS) is 15.3. The van der Waals surface area contributed by atoms with E-state index in [-0.39, 0.29) is 18.3 Å². The third-order valence-corrected chi connectivity index (χ3v) is 5.25. The van der Waals surface area contributed by atoms with Crippen LogP contribution in [-0.2, 0) is 20.7 Å². The first kappa shape index (κ1) is 21.2. The van der Waals surface area contributed by atoms with Gasteiger partial charge in [0.05, 0.1) is 12.8 Å². The molecule has 156 valence electrons. The van der Waals surface area contributed by atoms with Crippen molar-refractivity contribution < 1.29 is 14.3 Å². The predicted molar refractivity (Wildman–Crippen MR) is 116 cm³/mol. The number of hydrogen-bond acceptors (Lipinski definition) is 5. The molecule has 1 aliphatic heterocycles. The van der Waals surface area contributed by atoms with Crippen molar-refractivity contribution in [1.29, 1.82) is 0 Å². The van der Waals surface area contributed by atoms with E-state index >= 15 is 0 Å². The Balaban J connectivity index is 1.98. The van der Waals surface area contributed by atoms with Crippen LogP contribution < -0.4 is 5.32 Å². The average molecular weight is 406 g/mol. The van der Waals surface area contributed by atoms with Crippen LogP contribution in [0.4, 0.5) is 11.5 Å². The zero-order valence-electron chi connectivity index (χ0n) is 17.7. The van der Waals surface area contributed by atoms with E-state index < -0.39 is 0 Å². The number of nitrogens with one attached hydrogen (secondary N) is 2. The lowest BCUT2D eigenvalue weighted by Gasteiger charge is -2.02. The van der Waals surface area contributed by atoms with E-state index in [9.17, 15) is 9.59 Å². The van der Waals surface area contributed by atoms with Gasteiger partial charge in [0.2, 0.25) is 0 Å². The van der Waals surface area contributed by atoms with Crippen LogP contribution in [0.25, 0.3) is 6.08 Å². The summed E-state index contributed by atoms with van der Waals surface area (Å²) in [5, 5.41) is 11.6. The maximum atomic E-state index is 12.1. The molecule has 7 nitrogen and oxygen atoms in total. The Bertz CT molecular complexity index is 1050. The van der Waals surface area contributed by atoms with Crippen LogP contribution in [0, 0.1) is 6.92 Å². The Morgan fingerprint density at radius 2 is 1.90 bits per heavy atom. The second kappa shape index (κ2) is 9.35. The number of methoxy groups -OCH3 is 1. The average Bonchev–Trinajstić information content (AvgIpc) is 3.20. The largest absolute Gasteiger partial charge is 0.469 e. The van der Waals surface area contributed by atoms with Gasteiger partial charge in [-0.3, -0.25) is 9.59 Å². The summed E-state index contributed by atoms with van der Waals surface area (Å²) in [5.41, 5.74) is 5.92. The highest BCUT2D eigenvalue weighted by molar-refractivity contribution is 6.01. The number of aromatic nitrogens is 1. The standard InChI is InChI=1S/C23H26N4O3/c1-5-17-14(2)20(25-23(17)29)13-19-15(3)18(11-12-21(28)30-4)22(24-19)27-26-16-9-7-6-8-10-16/h6-10,13,24H,5,11-12H2,1-4H3,(H,25,29)/b20-13-,27-26?. The molecular formula is C23H26N4O3. The number of allylic oxidation sites excluding steroid dienone is 1. The van der Waals surface area contributed by atoms with Gasteiger partial charge >= 0.3 is 5.97 Å². The molecule has 0 bridgehead atoms. The Morgan fingerprint density at radius 1 is 1.17 bits per heavy atom. The summed E-state index contributed by atoms with van der Waals surface area (Å²) in [7, 11) is 1.38. The van der Waals surface area contributed by atoms with E-state index in [1.165, 1.54) is 7.11 Å². The Labute approximate surface area is 175 Å². The highest BCUT2D eigenvalue weighted by Crippen LogP contribution is 2.31. The molecule has 0 atom stereocenters. The number of H-pyrrole nitrogens is 1. The van der Waals surface area contributed by atoms with Crippen LogP contribution in [0.5, 0.6) is 0 Å². The van der Waals surface area contributed by atoms with Crippen molar-refractivity contribution in [3.05, 3.63) is 64.0 Å². The molecule has 30 heavy (non-hydrogen) atoms. The fraction of sp³-hybridized carbons (Fsp3) is 0.304. The highest BCUT2D eigenvalue weighted by Gasteiger charge is 2.23. The molecule has 0 radical (unpaired) electrons. The number of ether oxygens (including phenoxy) is 1. The predicted octanol–water partition coefficient (Wildman–Crippen LogP) is 5.04. The lowest BCUT2D eigenvalue weighted by Crippen LogP contribution is -2.16. The number of carbonyl (C=O) groups excluding carboxylic acids is 2. The van der Waals surface area contributed by atoms with Gasteiger partial charge in [0, 0.05) is 28.9 Å². The van der Waals surface area contributed by atoms with Gasteiger partial charge in [-0.1, -0.05) is 25.1 Å². The molecule has 1 aromatic heterocycles. The minimum absolute atomic E-state index is 0.0552. The number of esters is 1. The number of hydrogen-bond donors (Lipinski definition) is 2. The molecule has 1 aromatic carbocycles. The van der Waals surface area contributed by atoms with Crippen LogP contribution in [-0.4, -0.2) is 24.0 Å². The maximum Gasteiger partial charge on any atom is 0.305 e. The highest BCUT2D eigenvalue weighted by atomic mass is 16.5. The van der Waals surface area contributed by atoms with E-state index in [2.05, 4.69) is 20.5 Å². The monoisotopic (exact) mass is 406 g/mol. The molecule has 0 aliphatic carbocycles. The number of azo groups is 1. The second-order valence-corrected chi connectivity index (χ2v) is 7.07. The van der Waals surface area contributed by atoms with Crippen molar-refractivity contribution >= 4 is 29.5 Å². The number of amides is 1. The van der Waals surface area contributed by atoms with Crippen LogP contribution in [0.3, 0.4) is 0 Å². The van der Waals surface area contributed by atoms with Gasteiger partial charge in [-0.25, -0.2) is 0 Å². The van der Waals surface area contributed by atoms with Crippen molar-refractivity contribution in [1.82, 2.24) is 10.3 Å². The molecule has 2 aromatic rings. The van der Waals surface area contributed by atoms with Gasteiger partial charge in [0.25, 0.3) is 5.91 Å². The third kappa shape index (κ3) is 4.56. The molecule has 1 aliphatic rings. The van der Waals surface area contributed by atoms with E-state index in [4.69, 9.17) is 4.74 Å². The van der Waals surface area contributed by atoms with Gasteiger partial charge in [0.1, 0.15) is 0 Å². The molecule has 7 heteroatoms. The van der Waals surface area contributed by atoms with Crippen molar-refractivity contribution in [2.24, 2.45) is 10.2 Å². The summed E-state index contributed by atoms with van der Waals surface area (Å²) in [6, 6.07) is 9.44. The first-order valence-electron chi connectivity index (χ1n) is 9.92. The van der Waals surface area contributed by atoms with Gasteiger partial charge in [-0.15, -0.1) is 10.2 Å². The van der Waals surface area contributed by atoms with E-state index in [1.807, 2.05) is 57.2 Å². The van der Waals surface area contributed by atoms with Gasteiger partial charge in [-0.2, -0.15) is 0 Å². The van der Waals surface area contributed by atoms with E-state index in [1.54, 1.807) is 0 Å². The summed E-state index contributed by atoms with van der Waals surface area (Å²) in [4.78, 5) is 27.1. The van der Waals surface area contributed by atoms with Crippen LogP contribution >= 0.6 is 0 Å². The maximum absolute atomic E-state index is 12.1. The third-order valence-electron chi connectivity index (χ3n) is 5.25. The number of rotatable bonds is 7. The molecule has 0 fully saturated rings. The van der Waals surface area contributed by atoms with Crippen molar-refractivity contribution in [2.75, 3.05) is 7.11 Å². The molecular weight excluding hydrogens is 380 g/mol. The fourth-order valence-corrected chi connectivity index (χ4v) is 3.44. The first-order valence-corrected chi connectivity index (χ1v) is 9.92. The van der Waals surface area contributed by atoms with E-state index in [0.717, 1.165) is 39.4 Å². The van der Waals surface area contributed by atoms with Gasteiger partial charge in [-0.05, 0) is 56.0 Å². The number of aromatic amines is 1. The minimum atomic E-state index is -0.282. The lowest BCUT2D eigenvalue weighted by molar-refractivity contribution is -0.140. The topological polar surface area (TPSA) is 95.9 Å². The van der Waals surface area contributed by atoms with Crippen LogP contribution in [0.1, 0.15) is 43.5 Å². The minimum Gasteiger partial charge on any atom is -0.469 e. The number of carbonyl (C=O) groups is 2. The number of benzene rings is 1. The summed E-state index contributed by atoms with van der Waals surface area (Å²) in [6.45, 7) is 5.87. The summed E-state index contributed by atoms with van der Waals surface area (Å²) < 4.78 is 4.78. The zero-order chi connectivity index (χ0) is 21.7. The SMILES string of the molecule is CCC1=C(C)/C(=C/c2[nH]c(N=Nc3ccccc3)c(CCC(=O)OC)c2C)NC1=O. The van der Waals surface area contributed by atoms with Crippen LogP contribution in [0.2, 0.25) is 0 Å². The summed E-state index contributed by atoms with van der Waals surface area (Å²) in [5.74, 6) is 0.255. The molecule has 3 rings (SSSR count). The smallest absolute Gasteiger partial charge is 0.305 e. The van der Waals surface area contributed by atoms with Crippen molar-refractivity contribution in [2.45, 2.75) is 40.0 Å². The van der Waals surface area contributed by atoms with Crippen molar-refractivity contribution in [3.63, 3.8) is 0 Å². The molecule has 0 unspecified atom stereocenters. The van der Waals surface area contributed by atoms with Crippen molar-refractivity contribution in [3.8, 4) is 0 Å². The van der Waals surface area contributed by atoms with E-state index in [0.29, 0.717) is 18.7 Å². The Kier molecular flexibility index (Phi) is 6.61. The lowest BCUT2D eigenvalue weighted by atomic mass is 10.0. The Morgan fingerprint density at radius 3 is 2.53 bits per heavy atom. The summed E-state index contributed by atoms with van der Waals surface area (Å²) in [6.07, 6.45) is 3.31. The quantitative estimate of drug-likeness (QED) is 0.498. The molecule has 0 saturated heterocycles. The molecule has 0 saturated carbocycles. The van der Waals surface area contributed by atoms with Gasteiger partial charge in [0.15, 0.2) is 5.82 Å². The molecule has 2 N–H and O–H groups in total. The molecule has 1 amide bonds.